The molecule has 0 aromatic rings. The number of allylic oxidation sites excluding steroid dienone is 5. The second-order valence-electron chi connectivity index (χ2n) is 6.48. The molecule has 1 aliphatic heterocycles. The fourth-order valence-corrected chi connectivity index (χ4v) is 4.10. The minimum Gasteiger partial charge on any atom is -0.387 e. The van der Waals surface area contributed by atoms with Crippen LogP contribution in [0.15, 0.2) is 35.6 Å². The molecule has 3 atom stereocenters. The Hall–Kier alpha value is -1.64. The average molecular weight is 285 g/mol. The predicted octanol–water partition coefficient (Wildman–Crippen LogP) is 2.94. The third kappa shape index (κ3) is 2.50. The molecular weight excluding hydrogens is 262 g/mol. The van der Waals surface area contributed by atoms with E-state index in [1.807, 2.05) is 6.08 Å². The molecule has 1 N–H and O–H groups in total. The highest BCUT2D eigenvalue weighted by molar-refractivity contribution is 5.98. The first-order valence-corrected chi connectivity index (χ1v) is 7.93. The van der Waals surface area contributed by atoms with Gasteiger partial charge >= 0.3 is 0 Å². The molecule has 0 amide bonds. The molecule has 0 saturated heterocycles. The van der Waals surface area contributed by atoms with Gasteiger partial charge in [0.15, 0.2) is 11.6 Å². The number of Topliss-reactive ketones (excluding diaryl/α,β-unsaturated/α-hetero) is 2. The third-order valence-electron chi connectivity index (χ3n) is 5.22. The lowest BCUT2D eigenvalue weighted by molar-refractivity contribution is -0.117. The largest absolute Gasteiger partial charge is 0.387 e. The zero-order valence-electron chi connectivity index (χ0n) is 12.7. The molecular formula is C18H23NO2. The fraction of sp³-hybridized carbons (Fsp3) is 0.556. The monoisotopic (exact) mass is 285 g/mol. The summed E-state index contributed by atoms with van der Waals surface area (Å²) in [4.78, 5) is 24.0. The normalized spacial score (nSPS) is 31.8. The number of fused-ring (bicyclic) bond motifs is 2. The summed E-state index contributed by atoms with van der Waals surface area (Å²) in [5.74, 6) is 1.61. The zero-order valence-corrected chi connectivity index (χ0v) is 12.7. The first-order valence-electron chi connectivity index (χ1n) is 7.93. The van der Waals surface area contributed by atoms with Crippen molar-refractivity contribution in [1.82, 2.24) is 5.32 Å². The Morgan fingerprint density at radius 3 is 3.05 bits per heavy atom. The summed E-state index contributed by atoms with van der Waals surface area (Å²) in [5.41, 5.74) is 3.14. The molecule has 0 aromatic carbocycles. The van der Waals surface area contributed by atoms with Crippen LogP contribution in [0, 0.1) is 17.8 Å². The van der Waals surface area contributed by atoms with Crippen LogP contribution in [0.5, 0.6) is 0 Å². The maximum Gasteiger partial charge on any atom is 0.160 e. The Morgan fingerprint density at radius 2 is 2.33 bits per heavy atom. The van der Waals surface area contributed by atoms with Crippen LogP contribution in [0.25, 0.3) is 0 Å². The van der Waals surface area contributed by atoms with Crippen LogP contribution in [0.4, 0.5) is 0 Å². The summed E-state index contributed by atoms with van der Waals surface area (Å²) in [6.45, 7) is 6.36. The number of carbonyl (C=O) groups is 2. The lowest BCUT2D eigenvalue weighted by atomic mass is 9.67. The highest BCUT2D eigenvalue weighted by Gasteiger charge is 2.40. The van der Waals surface area contributed by atoms with Gasteiger partial charge in [0.1, 0.15) is 0 Å². The number of hydrogen-bond donors (Lipinski definition) is 1. The fourth-order valence-electron chi connectivity index (χ4n) is 4.10. The Morgan fingerprint density at radius 1 is 1.52 bits per heavy atom. The van der Waals surface area contributed by atoms with E-state index in [9.17, 15) is 9.59 Å². The van der Waals surface area contributed by atoms with Gasteiger partial charge in [-0.15, -0.1) is 6.58 Å². The van der Waals surface area contributed by atoms with Crippen molar-refractivity contribution in [3.8, 4) is 0 Å². The second kappa shape index (κ2) is 5.63. The van der Waals surface area contributed by atoms with Crippen molar-refractivity contribution in [3.05, 3.63) is 35.6 Å². The topological polar surface area (TPSA) is 46.2 Å². The molecule has 0 bridgehead atoms. The van der Waals surface area contributed by atoms with Crippen molar-refractivity contribution >= 4 is 11.6 Å². The van der Waals surface area contributed by atoms with Crippen molar-refractivity contribution in [2.24, 2.45) is 17.8 Å². The van der Waals surface area contributed by atoms with Crippen molar-refractivity contribution in [3.63, 3.8) is 0 Å². The molecule has 0 aromatic heterocycles. The van der Waals surface area contributed by atoms with Gasteiger partial charge in [-0.25, -0.2) is 0 Å². The standard InChI is InChI=1S/C18H23NO2/c1-3-4-12-6-8-16(21)17-15-7-5-13(11(2)20)9-14(15)10-19-18(12)17/h3,5,12,14-15,19H,1,4,6-10H2,2H3/t12?,14-,15-/m1/s1. The Bertz CT molecular complexity index is 556. The minimum absolute atomic E-state index is 0.174. The number of hydrogen-bond acceptors (Lipinski definition) is 3. The van der Waals surface area contributed by atoms with Gasteiger partial charge in [-0.2, -0.15) is 0 Å². The molecule has 1 heterocycles. The van der Waals surface area contributed by atoms with Crippen LogP contribution in [-0.4, -0.2) is 18.1 Å². The van der Waals surface area contributed by atoms with E-state index in [0.717, 1.165) is 43.4 Å². The molecule has 1 unspecified atom stereocenters. The van der Waals surface area contributed by atoms with E-state index < -0.39 is 0 Å². The first kappa shape index (κ1) is 14.3. The van der Waals surface area contributed by atoms with E-state index >= 15 is 0 Å². The molecule has 3 nitrogen and oxygen atoms in total. The molecule has 21 heavy (non-hydrogen) atoms. The summed E-state index contributed by atoms with van der Waals surface area (Å²) in [6, 6.07) is 0. The molecule has 3 rings (SSSR count). The molecule has 3 aliphatic rings. The quantitative estimate of drug-likeness (QED) is 0.811. The molecule has 2 aliphatic carbocycles. The summed E-state index contributed by atoms with van der Waals surface area (Å²) in [5, 5.41) is 3.52. The maximum atomic E-state index is 12.4. The van der Waals surface area contributed by atoms with Gasteiger partial charge in [0, 0.05) is 30.2 Å². The molecule has 0 fully saturated rings. The van der Waals surface area contributed by atoms with Gasteiger partial charge in [-0.05, 0) is 50.0 Å². The number of carbonyl (C=O) groups excluding carboxylic acids is 2. The molecule has 0 radical (unpaired) electrons. The van der Waals surface area contributed by atoms with Crippen LogP contribution in [0.2, 0.25) is 0 Å². The Labute approximate surface area is 126 Å². The van der Waals surface area contributed by atoms with Gasteiger partial charge in [0.05, 0.1) is 0 Å². The lowest BCUT2D eigenvalue weighted by Crippen LogP contribution is -2.44. The predicted molar refractivity (Wildman–Crippen MR) is 82.6 cm³/mol. The van der Waals surface area contributed by atoms with Gasteiger partial charge in [0.2, 0.25) is 0 Å². The smallest absolute Gasteiger partial charge is 0.160 e. The maximum absolute atomic E-state index is 12.4. The van der Waals surface area contributed by atoms with Crippen LogP contribution in [0.3, 0.4) is 0 Å². The third-order valence-corrected chi connectivity index (χ3v) is 5.22. The van der Waals surface area contributed by atoms with E-state index in [1.165, 1.54) is 5.70 Å². The van der Waals surface area contributed by atoms with E-state index in [2.05, 4.69) is 18.0 Å². The first-order chi connectivity index (χ1) is 10.1. The van der Waals surface area contributed by atoms with Crippen LogP contribution in [-0.2, 0) is 9.59 Å². The summed E-state index contributed by atoms with van der Waals surface area (Å²) < 4.78 is 0. The molecule has 0 saturated carbocycles. The SMILES string of the molecule is C=CCC1CCC(=O)C2=C1NC[C@H]1CC(C(C)=O)=CC[C@@H]21. The Kier molecular flexibility index (Phi) is 3.83. The van der Waals surface area contributed by atoms with Crippen molar-refractivity contribution in [1.29, 1.82) is 0 Å². The average Bonchev–Trinajstić information content (AvgIpc) is 2.49. The van der Waals surface area contributed by atoms with Gasteiger partial charge < -0.3 is 5.32 Å². The highest BCUT2D eigenvalue weighted by atomic mass is 16.1. The summed E-state index contributed by atoms with van der Waals surface area (Å²) >= 11 is 0. The van der Waals surface area contributed by atoms with E-state index in [1.54, 1.807) is 6.92 Å². The van der Waals surface area contributed by atoms with Gasteiger partial charge in [0.25, 0.3) is 0 Å². The van der Waals surface area contributed by atoms with Crippen LogP contribution >= 0.6 is 0 Å². The Balaban J connectivity index is 1.93. The van der Waals surface area contributed by atoms with E-state index in [0.29, 0.717) is 30.0 Å². The zero-order chi connectivity index (χ0) is 15.0. The summed E-state index contributed by atoms with van der Waals surface area (Å²) in [6.07, 6.45) is 8.19. The minimum atomic E-state index is 0.174. The number of nitrogens with one attached hydrogen (secondary N) is 1. The van der Waals surface area contributed by atoms with Gasteiger partial charge in [-0.3, -0.25) is 9.59 Å². The molecule has 0 spiro atoms. The van der Waals surface area contributed by atoms with Crippen LogP contribution in [0.1, 0.15) is 39.0 Å². The van der Waals surface area contributed by atoms with Crippen molar-refractivity contribution in [2.75, 3.05) is 6.54 Å². The van der Waals surface area contributed by atoms with Gasteiger partial charge in [-0.1, -0.05) is 12.2 Å². The number of rotatable bonds is 3. The van der Waals surface area contributed by atoms with E-state index in [4.69, 9.17) is 0 Å². The molecule has 112 valence electrons. The summed E-state index contributed by atoms with van der Waals surface area (Å²) in [7, 11) is 0. The second-order valence-corrected chi connectivity index (χ2v) is 6.48. The lowest BCUT2D eigenvalue weighted by Gasteiger charge is -2.42. The van der Waals surface area contributed by atoms with Crippen molar-refractivity contribution < 1.29 is 9.59 Å². The highest BCUT2D eigenvalue weighted by Crippen LogP contribution is 2.43. The molecule has 3 heteroatoms. The number of ketones is 2. The van der Waals surface area contributed by atoms with Crippen LogP contribution < -0.4 is 5.32 Å². The van der Waals surface area contributed by atoms with E-state index in [-0.39, 0.29) is 5.78 Å². The van der Waals surface area contributed by atoms with Crippen molar-refractivity contribution in [2.45, 2.75) is 39.0 Å².